The fourth-order valence-electron chi connectivity index (χ4n) is 2.51. The Labute approximate surface area is 103 Å². The zero-order valence-corrected chi connectivity index (χ0v) is 10.7. The van der Waals surface area contributed by atoms with Crippen molar-refractivity contribution in [3.63, 3.8) is 0 Å². The van der Waals surface area contributed by atoms with Crippen molar-refractivity contribution in [2.75, 3.05) is 12.3 Å². The van der Waals surface area contributed by atoms with E-state index in [1.807, 2.05) is 13.8 Å². The van der Waals surface area contributed by atoms with Crippen LogP contribution in [0.25, 0.3) is 0 Å². The summed E-state index contributed by atoms with van der Waals surface area (Å²) in [7, 11) is 0. The van der Waals surface area contributed by atoms with E-state index in [2.05, 4.69) is 9.97 Å². The lowest BCUT2D eigenvalue weighted by Gasteiger charge is -2.35. The summed E-state index contributed by atoms with van der Waals surface area (Å²) in [4.78, 5) is 8.87. The van der Waals surface area contributed by atoms with Crippen LogP contribution in [0.2, 0.25) is 0 Å². The van der Waals surface area contributed by atoms with Gasteiger partial charge in [-0.15, -0.1) is 0 Å². The highest BCUT2D eigenvalue weighted by Crippen LogP contribution is 2.39. The Hall–Kier alpha value is -1.16. The molecule has 0 saturated heterocycles. The van der Waals surface area contributed by atoms with Crippen LogP contribution in [0.5, 0.6) is 0 Å². The Morgan fingerprint density at radius 1 is 1.35 bits per heavy atom. The molecule has 0 amide bonds. The number of hydrogen-bond acceptors (Lipinski definition) is 4. The van der Waals surface area contributed by atoms with Crippen LogP contribution in [0.1, 0.15) is 50.4 Å². The third-order valence-electron chi connectivity index (χ3n) is 3.50. The van der Waals surface area contributed by atoms with Crippen LogP contribution in [0.4, 0.5) is 5.82 Å². The van der Waals surface area contributed by atoms with Gasteiger partial charge in [-0.2, -0.15) is 0 Å². The SMILES string of the molecule is CCOC1(c2ncc(C)c(N)n2)CCCCC1. The molecular formula is C13H21N3O. The first-order chi connectivity index (χ1) is 8.18. The Bertz CT molecular complexity index is 381. The van der Waals surface area contributed by atoms with Crippen LogP contribution >= 0.6 is 0 Å². The van der Waals surface area contributed by atoms with E-state index in [0.717, 1.165) is 24.2 Å². The van der Waals surface area contributed by atoms with E-state index < -0.39 is 0 Å². The fraction of sp³-hybridized carbons (Fsp3) is 0.692. The topological polar surface area (TPSA) is 61.0 Å². The number of anilines is 1. The van der Waals surface area contributed by atoms with E-state index in [0.29, 0.717) is 12.4 Å². The molecule has 2 rings (SSSR count). The van der Waals surface area contributed by atoms with Crippen molar-refractivity contribution < 1.29 is 4.74 Å². The van der Waals surface area contributed by atoms with Gasteiger partial charge in [0, 0.05) is 18.4 Å². The minimum Gasteiger partial charge on any atom is -0.383 e. The molecule has 1 aromatic rings. The van der Waals surface area contributed by atoms with Crippen molar-refractivity contribution in [3.05, 3.63) is 17.6 Å². The van der Waals surface area contributed by atoms with Gasteiger partial charge >= 0.3 is 0 Å². The van der Waals surface area contributed by atoms with Crippen LogP contribution in [0.3, 0.4) is 0 Å². The first kappa shape index (κ1) is 12.3. The van der Waals surface area contributed by atoms with Crippen LogP contribution in [-0.2, 0) is 10.3 Å². The molecule has 94 valence electrons. The summed E-state index contributed by atoms with van der Waals surface area (Å²) in [6.07, 6.45) is 7.43. The molecule has 1 aliphatic carbocycles. The Morgan fingerprint density at radius 2 is 2.06 bits per heavy atom. The van der Waals surface area contributed by atoms with Crippen LogP contribution < -0.4 is 5.73 Å². The standard InChI is InChI=1S/C13H21N3O/c1-3-17-13(7-5-4-6-8-13)12-15-9-10(2)11(14)16-12/h9H,3-8H2,1-2H3,(H2,14,15,16). The molecular weight excluding hydrogens is 214 g/mol. The summed E-state index contributed by atoms with van der Waals surface area (Å²) < 4.78 is 5.97. The Balaban J connectivity index is 2.34. The zero-order valence-electron chi connectivity index (χ0n) is 10.7. The van der Waals surface area contributed by atoms with E-state index >= 15 is 0 Å². The van der Waals surface area contributed by atoms with E-state index in [-0.39, 0.29) is 5.60 Å². The molecule has 0 spiro atoms. The van der Waals surface area contributed by atoms with E-state index in [1.165, 1.54) is 19.3 Å². The highest BCUT2D eigenvalue weighted by Gasteiger charge is 2.37. The minimum atomic E-state index is -0.297. The lowest BCUT2D eigenvalue weighted by atomic mass is 9.83. The van der Waals surface area contributed by atoms with Gasteiger partial charge in [0.05, 0.1) is 0 Å². The summed E-state index contributed by atoms with van der Waals surface area (Å²) in [6.45, 7) is 4.64. The average Bonchev–Trinajstić information content (AvgIpc) is 2.34. The summed E-state index contributed by atoms with van der Waals surface area (Å²) in [5.41, 5.74) is 6.51. The maximum atomic E-state index is 5.97. The van der Waals surface area contributed by atoms with Crippen molar-refractivity contribution in [1.82, 2.24) is 9.97 Å². The first-order valence-corrected chi connectivity index (χ1v) is 6.41. The second-order valence-corrected chi connectivity index (χ2v) is 4.75. The van der Waals surface area contributed by atoms with Crippen molar-refractivity contribution in [1.29, 1.82) is 0 Å². The lowest BCUT2D eigenvalue weighted by molar-refractivity contribution is -0.0766. The lowest BCUT2D eigenvalue weighted by Crippen LogP contribution is -2.34. The third kappa shape index (κ3) is 2.41. The van der Waals surface area contributed by atoms with Gasteiger partial charge in [-0.1, -0.05) is 19.3 Å². The average molecular weight is 235 g/mol. The molecule has 1 fully saturated rings. The quantitative estimate of drug-likeness (QED) is 0.874. The molecule has 1 heterocycles. The molecule has 1 aliphatic rings. The number of aryl methyl sites for hydroxylation is 1. The highest BCUT2D eigenvalue weighted by molar-refractivity contribution is 5.36. The number of aromatic nitrogens is 2. The molecule has 1 aromatic heterocycles. The first-order valence-electron chi connectivity index (χ1n) is 6.41. The number of nitrogens with zero attached hydrogens (tertiary/aromatic N) is 2. The van der Waals surface area contributed by atoms with E-state index in [9.17, 15) is 0 Å². The second-order valence-electron chi connectivity index (χ2n) is 4.75. The number of hydrogen-bond donors (Lipinski definition) is 1. The number of rotatable bonds is 3. The van der Waals surface area contributed by atoms with Gasteiger partial charge in [-0.25, -0.2) is 9.97 Å². The molecule has 0 bridgehead atoms. The molecule has 17 heavy (non-hydrogen) atoms. The van der Waals surface area contributed by atoms with Crippen molar-refractivity contribution >= 4 is 5.82 Å². The second kappa shape index (κ2) is 5.00. The summed E-state index contributed by atoms with van der Waals surface area (Å²) in [5.74, 6) is 1.34. The largest absolute Gasteiger partial charge is 0.383 e. The summed E-state index contributed by atoms with van der Waals surface area (Å²) >= 11 is 0. The van der Waals surface area contributed by atoms with Crippen molar-refractivity contribution in [2.24, 2.45) is 0 Å². The number of nitrogens with two attached hydrogens (primary N) is 1. The highest BCUT2D eigenvalue weighted by atomic mass is 16.5. The van der Waals surface area contributed by atoms with Gasteiger partial charge in [-0.3, -0.25) is 0 Å². The molecule has 0 aliphatic heterocycles. The predicted molar refractivity (Wildman–Crippen MR) is 67.6 cm³/mol. The monoisotopic (exact) mass is 235 g/mol. The van der Waals surface area contributed by atoms with Gasteiger partial charge in [0.1, 0.15) is 11.4 Å². The Morgan fingerprint density at radius 3 is 2.65 bits per heavy atom. The van der Waals surface area contributed by atoms with Gasteiger partial charge in [0.2, 0.25) is 0 Å². The van der Waals surface area contributed by atoms with Crippen molar-refractivity contribution in [3.8, 4) is 0 Å². The van der Waals surface area contributed by atoms with E-state index in [1.54, 1.807) is 6.20 Å². The zero-order chi connectivity index (χ0) is 12.3. The van der Waals surface area contributed by atoms with Gasteiger partial charge in [-0.05, 0) is 26.7 Å². The third-order valence-corrected chi connectivity index (χ3v) is 3.50. The molecule has 0 atom stereocenters. The number of nitrogen functional groups attached to an aromatic ring is 1. The van der Waals surface area contributed by atoms with Crippen molar-refractivity contribution in [2.45, 2.75) is 51.6 Å². The minimum absolute atomic E-state index is 0.297. The smallest absolute Gasteiger partial charge is 0.162 e. The summed E-state index contributed by atoms with van der Waals surface area (Å²) in [5, 5.41) is 0. The van der Waals surface area contributed by atoms with Crippen LogP contribution in [0, 0.1) is 6.92 Å². The van der Waals surface area contributed by atoms with Crippen LogP contribution in [-0.4, -0.2) is 16.6 Å². The van der Waals surface area contributed by atoms with Gasteiger partial charge < -0.3 is 10.5 Å². The maximum Gasteiger partial charge on any atom is 0.162 e. The maximum absolute atomic E-state index is 5.97. The normalized spacial score (nSPS) is 19.2. The summed E-state index contributed by atoms with van der Waals surface area (Å²) in [6, 6.07) is 0. The molecule has 0 radical (unpaired) electrons. The van der Waals surface area contributed by atoms with E-state index in [4.69, 9.17) is 10.5 Å². The predicted octanol–water partition coefficient (Wildman–Crippen LogP) is 2.56. The van der Waals surface area contributed by atoms with Gasteiger partial charge in [0.15, 0.2) is 5.82 Å². The molecule has 4 heteroatoms. The molecule has 1 saturated carbocycles. The molecule has 4 nitrogen and oxygen atoms in total. The molecule has 2 N–H and O–H groups in total. The van der Waals surface area contributed by atoms with Crippen LogP contribution in [0.15, 0.2) is 6.20 Å². The molecule has 0 aromatic carbocycles. The fourth-order valence-corrected chi connectivity index (χ4v) is 2.51. The molecule has 0 unspecified atom stereocenters. The number of ether oxygens (including phenoxy) is 1. The van der Waals surface area contributed by atoms with Gasteiger partial charge in [0.25, 0.3) is 0 Å². The Kier molecular flexibility index (Phi) is 3.62.